The molecule has 1 aliphatic carbocycles. The summed E-state index contributed by atoms with van der Waals surface area (Å²) in [5.41, 5.74) is 14.5. The number of fused-ring (bicyclic) bond motifs is 6. The molecule has 55 heavy (non-hydrogen) atoms. The van der Waals surface area contributed by atoms with Gasteiger partial charge in [0.15, 0.2) is 5.84 Å². The number of azo groups is 1. The third-order valence-electron chi connectivity index (χ3n) is 11.1. The van der Waals surface area contributed by atoms with E-state index in [9.17, 15) is 0 Å². The summed E-state index contributed by atoms with van der Waals surface area (Å²) in [6.07, 6.45) is 0. The van der Waals surface area contributed by atoms with Crippen molar-refractivity contribution in [3.63, 3.8) is 0 Å². The van der Waals surface area contributed by atoms with E-state index in [-0.39, 0.29) is 5.84 Å². The fourth-order valence-corrected chi connectivity index (χ4v) is 8.68. The van der Waals surface area contributed by atoms with E-state index < -0.39 is 5.41 Å². The summed E-state index contributed by atoms with van der Waals surface area (Å²) in [5.74, 6) is 0.155. The summed E-state index contributed by atoms with van der Waals surface area (Å²) in [7, 11) is 0. The summed E-state index contributed by atoms with van der Waals surface area (Å²) in [5, 5.41) is 19.6. The van der Waals surface area contributed by atoms with E-state index in [4.69, 9.17) is 5.41 Å². The molecule has 1 aromatic heterocycles. The Morgan fingerprint density at radius 2 is 1.13 bits per heavy atom. The normalized spacial score (nSPS) is 12.9. The zero-order valence-corrected chi connectivity index (χ0v) is 30.1. The van der Waals surface area contributed by atoms with E-state index in [2.05, 4.69) is 185 Å². The van der Waals surface area contributed by atoms with Gasteiger partial charge in [0.05, 0.1) is 23.0 Å². The second-order valence-electron chi connectivity index (χ2n) is 14.2. The zero-order chi connectivity index (χ0) is 36.8. The maximum atomic E-state index is 8.42. The molecule has 0 fully saturated rings. The van der Waals surface area contributed by atoms with Gasteiger partial charge in [-0.05, 0) is 80.4 Å². The summed E-state index contributed by atoms with van der Waals surface area (Å²) in [6, 6.07) is 71.4. The Morgan fingerprint density at radius 1 is 0.491 bits per heavy atom. The van der Waals surface area contributed by atoms with Gasteiger partial charge in [0.2, 0.25) is 0 Å². The van der Waals surface area contributed by atoms with Gasteiger partial charge in [-0.3, -0.25) is 5.41 Å². The number of nitrogens with one attached hydrogen (secondary N) is 1. The molecule has 0 bridgehead atoms. The summed E-state index contributed by atoms with van der Waals surface area (Å²) in [4.78, 5) is 0. The van der Waals surface area contributed by atoms with Crippen LogP contribution >= 0.6 is 0 Å². The SMILES string of the molecule is N=C(/N=N\Cc1cccc(-n2c3cc(-c4ccccc4)ccc3c3cc4c(cc32)C(c2ccccc2)(c2ccccc2)c2ccccc2-4)c1)c1ccccc1. The maximum Gasteiger partial charge on any atom is 0.173 e. The molecule has 1 aliphatic rings. The Hall–Kier alpha value is -7.17. The van der Waals surface area contributed by atoms with Crippen LogP contribution in [0.25, 0.3) is 49.7 Å². The molecule has 0 amide bonds. The lowest BCUT2D eigenvalue weighted by Gasteiger charge is -2.34. The minimum Gasteiger partial charge on any atom is -0.309 e. The first-order chi connectivity index (χ1) is 27.2. The highest BCUT2D eigenvalue weighted by molar-refractivity contribution is 6.13. The van der Waals surface area contributed by atoms with Gasteiger partial charge in [-0.1, -0.05) is 170 Å². The molecule has 0 saturated carbocycles. The molecule has 4 heteroatoms. The standard InChI is InChI=1S/C51H36N4/c52-50(37-19-7-2-8-20-37)54-53-34-35-16-15-25-41(30-35)55-48-31-38(36-17-5-1-6-18-36)28-29-43(48)45-32-44-42-26-13-14-27-46(42)51(47(44)33-49(45)55,39-21-9-3-10-22-39)40-23-11-4-12-24-40/h1-33,52H,34H2/b52-50?,54-53-. The van der Waals surface area contributed by atoms with E-state index in [1.807, 2.05) is 30.3 Å². The minimum atomic E-state index is -0.509. The molecule has 0 aliphatic heterocycles. The number of hydrogen-bond donors (Lipinski definition) is 1. The highest BCUT2D eigenvalue weighted by atomic mass is 15.1. The predicted octanol–water partition coefficient (Wildman–Crippen LogP) is 12.8. The van der Waals surface area contributed by atoms with Crippen molar-refractivity contribution in [3.8, 4) is 27.9 Å². The Morgan fingerprint density at radius 3 is 1.85 bits per heavy atom. The Bertz CT molecular complexity index is 2850. The van der Waals surface area contributed by atoms with Gasteiger partial charge in [-0.15, -0.1) is 5.11 Å². The zero-order valence-electron chi connectivity index (χ0n) is 30.1. The van der Waals surface area contributed by atoms with Crippen molar-refractivity contribution >= 4 is 27.6 Å². The summed E-state index contributed by atoms with van der Waals surface area (Å²) < 4.78 is 2.42. The quantitative estimate of drug-likeness (QED) is 0.0975. The second-order valence-corrected chi connectivity index (χ2v) is 14.2. The molecule has 0 spiro atoms. The highest BCUT2D eigenvalue weighted by Gasteiger charge is 2.46. The Labute approximate surface area is 320 Å². The van der Waals surface area contributed by atoms with Crippen LogP contribution in [0.2, 0.25) is 0 Å². The fraction of sp³-hybridized carbons (Fsp3) is 0.0392. The maximum absolute atomic E-state index is 8.42. The van der Waals surface area contributed by atoms with Crippen molar-refractivity contribution in [2.75, 3.05) is 0 Å². The number of amidine groups is 1. The predicted molar refractivity (Wildman–Crippen MR) is 225 cm³/mol. The molecule has 9 aromatic rings. The molecule has 0 saturated heterocycles. The van der Waals surface area contributed by atoms with Crippen LogP contribution in [-0.4, -0.2) is 10.4 Å². The van der Waals surface area contributed by atoms with E-state index >= 15 is 0 Å². The van der Waals surface area contributed by atoms with Crippen molar-refractivity contribution in [1.82, 2.24) is 4.57 Å². The van der Waals surface area contributed by atoms with Crippen molar-refractivity contribution in [2.45, 2.75) is 12.0 Å². The van der Waals surface area contributed by atoms with Crippen LogP contribution in [-0.2, 0) is 12.0 Å². The first-order valence-electron chi connectivity index (χ1n) is 18.7. The monoisotopic (exact) mass is 704 g/mol. The van der Waals surface area contributed by atoms with Crippen LogP contribution in [0.5, 0.6) is 0 Å². The molecule has 1 N–H and O–H groups in total. The molecule has 1 heterocycles. The van der Waals surface area contributed by atoms with Crippen LogP contribution < -0.4 is 0 Å². The average molecular weight is 705 g/mol. The first kappa shape index (κ1) is 32.5. The van der Waals surface area contributed by atoms with Gasteiger partial charge in [0, 0.05) is 22.0 Å². The summed E-state index contributed by atoms with van der Waals surface area (Å²) >= 11 is 0. The number of nitrogens with zero attached hydrogens (tertiary/aromatic N) is 3. The van der Waals surface area contributed by atoms with Gasteiger partial charge in [-0.2, -0.15) is 5.11 Å². The molecule has 8 aromatic carbocycles. The average Bonchev–Trinajstić information content (AvgIpc) is 3.73. The van der Waals surface area contributed by atoms with Crippen molar-refractivity contribution in [2.24, 2.45) is 10.2 Å². The highest BCUT2D eigenvalue weighted by Crippen LogP contribution is 2.57. The van der Waals surface area contributed by atoms with E-state index in [1.54, 1.807) is 0 Å². The van der Waals surface area contributed by atoms with Crippen molar-refractivity contribution in [1.29, 1.82) is 5.41 Å². The lowest BCUT2D eigenvalue weighted by molar-refractivity contribution is 0.769. The van der Waals surface area contributed by atoms with Crippen LogP contribution in [0.3, 0.4) is 0 Å². The summed E-state index contributed by atoms with van der Waals surface area (Å²) in [6.45, 7) is 0.366. The van der Waals surface area contributed by atoms with Crippen LogP contribution in [0, 0.1) is 5.41 Å². The van der Waals surface area contributed by atoms with Gasteiger partial charge >= 0.3 is 0 Å². The van der Waals surface area contributed by atoms with Gasteiger partial charge in [0.25, 0.3) is 0 Å². The van der Waals surface area contributed by atoms with Gasteiger partial charge < -0.3 is 4.57 Å². The molecule has 0 radical (unpaired) electrons. The number of aromatic nitrogens is 1. The number of benzene rings is 8. The molecule has 0 atom stereocenters. The number of hydrogen-bond acceptors (Lipinski definition) is 2. The molecular formula is C51H36N4. The Balaban J connectivity index is 1.22. The number of rotatable bonds is 7. The van der Waals surface area contributed by atoms with E-state index in [1.165, 1.54) is 55.3 Å². The van der Waals surface area contributed by atoms with E-state index in [0.717, 1.165) is 27.8 Å². The smallest absolute Gasteiger partial charge is 0.173 e. The molecule has 10 rings (SSSR count). The topological polar surface area (TPSA) is 53.5 Å². The van der Waals surface area contributed by atoms with Gasteiger partial charge in [0.1, 0.15) is 0 Å². The lowest BCUT2D eigenvalue weighted by atomic mass is 9.67. The molecular weight excluding hydrogens is 669 g/mol. The van der Waals surface area contributed by atoms with Crippen molar-refractivity contribution < 1.29 is 0 Å². The van der Waals surface area contributed by atoms with Crippen LogP contribution in [0.4, 0.5) is 0 Å². The molecule has 260 valence electrons. The third kappa shape index (κ3) is 5.33. The minimum absolute atomic E-state index is 0.155. The second kappa shape index (κ2) is 13.4. The first-order valence-corrected chi connectivity index (χ1v) is 18.7. The fourth-order valence-electron chi connectivity index (χ4n) is 8.68. The largest absolute Gasteiger partial charge is 0.309 e. The van der Waals surface area contributed by atoms with Gasteiger partial charge in [-0.25, -0.2) is 0 Å². The third-order valence-corrected chi connectivity index (χ3v) is 11.1. The van der Waals surface area contributed by atoms with Crippen LogP contribution in [0.15, 0.2) is 210 Å². The lowest BCUT2D eigenvalue weighted by Crippen LogP contribution is -2.28. The Kier molecular flexibility index (Phi) is 7.88. The molecule has 4 nitrogen and oxygen atoms in total. The molecule has 0 unspecified atom stereocenters. The van der Waals surface area contributed by atoms with E-state index in [0.29, 0.717) is 6.54 Å². The van der Waals surface area contributed by atoms with Crippen molar-refractivity contribution in [3.05, 3.63) is 234 Å². The van der Waals surface area contributed by atoms with Crippen LogP contribution in [0.1, 0.15) is 33.4 Å².